The maximum atomic E-state index is 14.0. The zero-order chi connectivity index (χ0) is 14.5. The highest BCUT2D eigenvalue weighted by molar-refractivity contribution is 9.10. The Morgan fingerprint density at radius 1 is 1.55 bits per heavy atom. The lowest BCUT2D eigenvalue weighted by atomic mass is 10.2. The molecule has 7 heteroatoms. The third-order valence-corrected chi connectivity index (χ3v) is 2.81. The van der Waals surface area contributed by atoms with Crippen molar-refractivity contribution in [3.05, 3.63) is 52.5 Å². The van der Waals surface area contributed by atoms with Crippen LogP contribution in [0.5, 0.6) is 0 Å². The van der Waals surface area contributed by atoms with Gasteiger partial charge in [0.05, 0.1) is 17.8 Å². The number of hydrogen-bond acceptors (Lipinski definition) is 3. The summed E-state index contributed by atoms with van der Waals surface area (Å²) in [7, 11) is 1.34. The molecule has 104 valence electrons. The minimum atomic E-state index is -0.435. The van der Waals surface area contributed by atoms with Gasteiger partial charge in [-0.15, -0.1) is 0 Å². The van der Waals surface area contributed by atoms with Gasteiger partial charge in [0.25, 0.3) is 5.91 Å². The van der Waals surface area contributed by atoms with Gasteiger partial charge in [-0.2, -0.15) is 5.10 Å². The number of aromatic nitrogens is 2. The topological polar surface area (TPSA) is 56.1 Å². The van der Waals surface area contributed by atoms with E-state index in [1.165, 1.54) is 30.0 Å². The molecule has 1 aromatic carbocycles. The van der Waals surface area contributed by atoms with Crippen LogP contribution in [0.4, 0.5) is 4.39 Å². The van der Waals surface area contributed by atoms with Crippen LogP contribution in [-0.4, -0.2) is 22.8 Å². The second-order valence-electron chi connectivity index (χ2n) is 3.82. The van der Waals surface area contributed by atoms with Crippen LogP contribution in [0, 0.1) is 5.82 Å². The average Bonchev–Trinajstić information content (AvgIpc) is 2.83. The second kappa shape index (κ2) is 6.44. The summed E-state index contributed by atoms with van der Waals surface area (Å²) in [6.07, 6.45) is 5.96. The van der Waals surface area contributed by atoms with Gasteiger partial charge >= 0.3 is 0 Å². The molecule has 0 aliphatic carbocycles. The van der Waals surface area contributed by atoms with E-state index in [4.69, 9.17) is 0 Å². The number of carbonyl (C=O) groups excluding carboxylic acids is 1. The van der Waals surface area contributed by atoms with Gasteiger partial charge in [0.15, 0.2) is 0 Å². The number of amides is 1. The molecular formula is C13H11BrFN3O2. The highest BCUT2D eigenvalue weighted by atomic mass is 79.9. The van der Waals surface area contributed by atoms with Crippen LogP contribution >= 0.6 is 15.9 Å². The molecule has 0 saturated carbocycles. The Bertz CT molecular complexity index is 655. The van der Waals surface area contributed by atoms with Crippen molar-refractivity contribution in [1.29, 1.82) is 0 Å². The number of hydroxylamine groups is 1. The summed E-state index contributed by atoms with van der Waals surface area (Å²) in [5.74, 6) is -0.858. The van der Waals surface area contributed by atoms with E-state index < -0.39 is 11.7 Å². The predicted molar refractivity (Wildman–Crippen MR) is 75.4 cm³/mol. The average molecular weight is 340 g/mol. The van der Waals surface area contributed by atoms with Crippen LogP contribution in [0.15, 0.2) is 41.1 Å². The Kier molecular flexibility index (Phi) is 4.65. The van der Waals surface area contributed by atoms with Crippen molar-refractivity contribution in [3.8, 4) is 5.69 Å². The van der Waals surface area contributed by atoms with Gasteiger partial charge in [0, 0.05) is 12.3 Å². The van der Waals surface area contributed by atoms with Crippen LogP contribution in [0.25, 0.3) is 11.8 Å². The number of halogens is 2. The standard InChI is InChI=1S/C13H11BrFN3O2/c1-20-17-13(19)5-3-9-2-4-12(11(15)6-9)18-8-10(14)7-16-18/h2-8H,1H3,(H,17,19)/b5-3+. The first-order valence-electron chi connectivity index (χ1n) is 5.61. The molecular weight excluding hydrogens is 329 g/mol. The minimum absolute atomic E-state index is 0.328. The first kappa shape index (κ1) is 14.4. The Morgan fingerprint density at radius 2 is 2.35 bits per heavy atom. The molecule has 0 bridgehead atoms. The van der Waals surface area contributed by atoms with Gasteiger partial charge < -0.3 is 0 Å². The van der Waals surface area contributed by atoms with E-state index in [9.17, 15) is 9.18 Å². The van der Waals surface area contributed by atoms with Crippen LogP contribution in [0.2, 0.25) is 0 Å². The lowest BCUT2D eigenvalue weighted by Gasteiger charge is -2.04. The van der Waals surface area contributed by atoms with E-state index in [1.807, 2.05) is 0 Å². The molecule has 1 aromatic heterocycles. The van der Waals surface area contributed by atoms with Gasteiger partial charge in [-0.05, 0) is 39.7 Å². The number of rotatable bonds is 4. The van der Waals surface area contributed by atoms with Gasteiger partial charge in [-0.1, -0.05) is 6.07 Å². The fraction of sp³-hybridized carbons (Fsp3) is 0.0769. The first-order valence-corrected chi connectivity index (χ1v) is 6.40. The van der Waals surface area contributed by atoms with Crippen molar-refractivity contribution in [2.24, 2.45) is 0 Å². The van der Waals surface area contributed by atoms with Crippen LogP contribution < -0.4 is 5.48 Å². The Morgan fingerprint density at radius 3 is 2.95 bits per heavy atom. The lowest BCUT2D eigenvalue weighted by molar-refractivity contribution is -0.126. The SMILES string of the molecule is CONC(=O)/C=C/c1ccc(-n2cc(Br)cn2)c(F)c1. The highest BCUT2D eigenvalue weighted by Gasteiger charge is 2.06. The summed E-state index contributed by atoms with van der Waals surface area (Å²) in [6.45, 7) is 0. The molecule has 1 heterocycles. The third-order valence-electron chi connectivity index (χ3n) is 2.40. The number of hydrogen-bond donors (Lipinski definition) is 1. The molecule has 0 unspecified atom stereocenters. The van der Waals surface area contributed by atoms with E-state index in [0.29, 0.717) is 11.3 Å². The van der Waals surface area contributed by atoms with Crippen molar-refractivity contribution in [3.63, 3.8) is 0 Å². The summed E-state index contributed by atoms with van der Waals surface area (Å²) in [4.78, 5) is 15.6. The molecule has 0 saturated heterocycles. The van der Waals surface area contributed by atoms with E-state index in [1.54, 1.807) is 24.5 Å². The summed E-state index contributed by atoms with van der Waals surface area (Å²) in [5, 5.41) is 4.01. The normalized spacial score (nSPS) is 10.9. The lowest BCUT2D eigenvalue weighted by Crippen LogP contribution is -2.18. The zero-order valence-corrected chi connectivity index (χ0v) is 12.1. The van der Waals surface area contributed by atoms with Gasteiger partial charge in [0.2, 0.25) is 0 Å². The smallest absolute Gasteiger partial charge is 0.267 e. The van der Waals surface area contributed by atoms with Crippen LogP contribution in [0.1, 0.15) is 5.56 Å². The Hall–Kier alpha value is -1.99. The largest absolute Gasteiger partial charge is 0.277 e. The second-order valence-corrected chi connectivity index (χ2v) is 4.73. The zero-order valence-electron chi connectivity index (χ0n) is 10.5. The van der Waals surface area contributed by atoms with Crippen molar-refractivity contribution in [2.45, 2.75) is 0 Å². The van der Waals surface area contributed by atoms with E-state index in [0.717, 1.165) is 4.47 Å². The molecule has 1 amide bonds. The highest BCUT2D eigenvalue weighted by Crippen LogP contribution is 2.17. The number of carbonyl (C=O) groups is 1. The van der Waals surface area contributed by atoms with Crippen molar-refractivity contribution >= 4 is 27.9 Å². The number of nitrogens with zero attached hydrogens (tertiary/aromatic N) is 2. The maximum absolute atomic E-state index is 14.0. The quantitative estimate of drug-likeness (QED) is 0.687. The molecule has 0 aliphatic rings. The third kappa shape index (κ3) is 3.52. The Labute approximate surface area is 123 Å². The fourth-order valence-corrected chi connectivity index (χ4v) is 1.84. The molecule has 0 fully saturated rings. The van der Waals surface area contributed by atoms with Crippen molar-refractivity contribution in [2.75, 3.05) is 7.11 Å². The maximum Gasteiger partial charge on any atom is 0.267 e. The molecule has 0 aliphatic heterocycles. The summed E-state index contributed by atoms with van der Waals surface area (Å²) >= 11 is 3.25. The molecule has 20 heavy (non-hydrogen) atoms. The van der Waals surface area contributed by atoms with Gasteiger partial charge in [-0.3, -0.25) is 9.63 Å². The van der Waals surface area contributed by atoms with Crippen LogP contribution in [0.3, 0.4) is 0 Å². The summed E-state index contributed by atoms with van der Waals surface area (Å²) < 4.78 is 16.2. The molecule has 2 rings (SSSR count). The van der Waals surface area contributed by atoms with Crippen LogP contribution in [-0.2, 0) is 9.63 Å². The van der Waals surface area contributed by atoms with E-state index in [2.05, 4.69) is 31.3 Å². The summed E-state index contributed by atoms with van der Waals surface area (Å²) in [5.41, 5.74) is 3.02. The van der Waals surface area contributed by atoms with E-state index >= 15 is 0 Å². The monoisotopic (exact) mass is 339 g/mol. The van der Waals surface area contributed by atoms with Gasteiger partial charge in [-0.25, -0.2) is 14.6 Å². The van der Waals surface area contributed by atoms with Crippen molar-refractivity contribution < 1.29 is 14.0 Å². The number of benzene rings is 1. The molecule has 1 N–H and O–H groups in total. The molecule has 2 aromatic rings. The molecule has 5 nitrogen and oxygen atoms in total. The predicted octanol–water partition coefficient (Wildman–Crippen LogP) is 2.46. The summed E-state index contributed by atoms with van der Waals surface area (Å²) in [6, 6.07) is 4.59. The van der Waals surface area contributed by atoms with Crippen molar-refractivity contribution in [1.82, 2.24) is 15.3 Å². The minimum Gasteiger partial charge on any atom is -0.277 e. The Balaban J connectivity index is 2.20. The first-order chi connectivity index (χ1) is 9.60. The molecule has 0 radical (unpaired) electrons. The molecule has 0 spiro atoms. The fourth-order valence-electron chi connectivity index (χ4n) is 1.55. The molecule has 0 atom stereocenters. The number of nitrogens with one attached hydrogen (secondary N) is 1. The van der Waals surface area contributed by atoms with E-state index in [-0.39, 0.29) is 0 Å². The van der Waals surface area contributed by atoms with Gasteiger partial charge in [0.1, 0.15) is 11.5 Å².